The van der Waals surface area contributed by atoms with Crippen molar-refractivity contribution in [2.75, 3.05) is 39.5 Å². The van der Waals surface area contributed by atoms with Gasteiger partial charge in [-0.1, -0.05) is 6.07 Å². The maximum Gasteiger partial charge on any atom is 0.416 e. The quantitative estimate of drug-likeness (QED) is 0.345. The van der Waals surface area contributed by atoms with E-state index in [4.69, 9.17) is 19.2 Å². The number of piperazine rings is 1. The zero-order valence-corrected chi connectivity index (χ0v) is 23.2. The summed E-state index contributed by atoms with van der Waals surface area (Å²) in [6, 6.07) is -3.65. The van der Waals surface area contributed by atoms with E-state index in [1.54, 1.807) is 0 Å². The Kier molecular flexibility index (Phi) is 5.33. The number of aryl methyl sites for hydroxylation is 1. The molecule has 2 aliphatic rings. The summed E-state index contributed by atoms with van der Waals surface area (Å²) in [7, 11) is 0. The average Bonchev–Trinajstić information content (AvgIpc) is 3.01. The number of hydrogen-bond donors (Lipinski definition) is 0. The lowest BCUT2D eigenvalue weighted by Gasteiger charge is -2.47. The molecule has 2 heterocycles. The predicted octanol–water partition coefficient (Wildman–Crippen LogP) is 6.75. The van der Waals surface area contributed by atoms with E-state index in [2.05, 4.69) is 0 Å². The summed E-state index contributed by atoms with van der Waals surface area (Å²) in [6.07, 6.45) is -6.63. The van der Waals surface area contributed by atoms with E-state index in [1.165, 1.54) is 0 Å². The van der Waals surface area contributed by atoms with Gasteiger partial charge >= 0.3 is 12.2 Å². The maximum atomic E-state index is 14.6. The molecule has 0 aromatic heterocycles. The van der Waals surface area contributed by atoms with Crippen LogP contribution in [-0.4, -0.2) is 77.1 Å². The van der Waals surface area contributed by atoms with Crippen LogP contribution >= 0.6 is 0 Å². The van der Waals surface area contributed by atoms with Crippen molar-refractivity contribution in [3.8, 4) is 0 Å². The van der Waals surface area contributed by atoms with Gasteiger partial charge in [-0.3, -0.25) is 9.69 Å². The van der Waals surface area contributed by atoms with Gasteiger partial charge in [0.1, 0.15) is 5.82 Å². The van der Waals surface area contributed by atoms with Crippen LogP contribution in [0, 0.1) is 12.7 Å². The van der Waals surface area contributed by atoms with Crippen LogP contribution in [0.4, 0.5) is 31.1 Å². The van der Waals surface area contributed by atoms with E-state index in [9.17, 15) is 35.9 Å². The Morgan fingerprint density at radius 1 is 1.05 bits per heavy atom. The van der Waals surface area contributed by atoms with Crippen LogP contribution < -0.4 is 0 Å². The number of amides is 3. The summed E-state index contributed by atoms with van der Waals surface area (Å²) >= 11 is 0. The van der Waals surface area contributed by atoms with Gasteiger partial charge in [0.15, 0.2) is 0 Å². The van der Waals surface area contributed by atoms with Gasteiger partial charge in [-0.2, -0.15) is 13.2 Å². The van der Waals surface area contributed by atoms with E-state index < -0.39 is 135 Å². The second-order valence-corrected chi connectivity index (χ2v) is 10.3. The van der Waals surface area contributed by atoms with Crippen LogP contribution in [0.5, 0.6) is 0 Å². The number of rotatable bonds is 5. The number of carbonyl (C=O) groups is 2. The van der Waals surface area contributed by atoms with Crippen molar-refractivity contribution in [2.45, 2.75) is 70.7 Å². The first-order valence-corrected chi connectivity index (χ1v) is 13.0. The number of piperidine rings is 1. The van der Waals surface area contributed by atoms with Crippen LogP contribution in [0.3, 0.4) is 0 Å². The maximum absolute atomic E-state index is 14.6. The molecule has 2 saturated heterocycles. The number of halogens is 6. The topological polar surface area (TPSA) is 47.1 Å². The molecule has 3 amide bonds. The summed E-state index contributed by atoms with van der Waals surface area (Å²) in [4.78, 5) is 27.8. The van der Waals surface area contributed by atoms with E-state index in [0.717, 1.165) is 19.1 Å². The van der Waals surface area contributed by atoms with E-state index in [-0.39, 0.29) is 20.8 Å². The molecule has 43 heavy (non-hydrogen) atoms. The van der Waals surface area contributed by atoms with Crippen LogP contribution in [0.15, 0.2) is 36.4 Å². The summed E-state index contributed by atoms with van der Waals surface area (Å²) in [5.41, 5.74) is -4.64. The van der Waals surface area contributed by atoms with Crippen molar-refractivity contribution >= 4 is 11.9 Å². The molecule has 12 heteroatoms. The molecule has 0 spiro atoms. The Balaban J connectivity index is 1.94. The highest BCUT2D eigenvalue weighted by atomic mass is 19.4. The van der Waals surface area contributed by atoms with Gasteiger partial charge in [0.05, 0.1) is 23.1 Å². The van der Waals surface area contributed by atoms with Crippen LogP contribution in [0.25, 0.3) is 0 Å². The molecule has 2 aliphatic heterocycles. The smallest absolute Gasteiger partial charge is 0.340 e. The molecule has 6 nitrogen and oxygen atoms in total. The lowest BCUT2D eigenvalue weighted by Crippen LogP contribution is -2.56. The van der Waals surface area contributed by atoms with Crippen LogP contribution in [-0.2, 0) is 16.9 Å². The highest BCUT2D eigenvalue weighted by Gasteiger charge is 2.40. The van der Waals surface area contributed by atoms with E-state index >= 15 is 0 Å². The molecule has 2 aromatic carbocycles. The molecular formula is C31H38F6N4O2. The molecule has 0 saturated carbocycles. The monoisotopic (exact) mass is 626 g/mol. The lowest BCUT2D eigenvalue weighted by atomic mass is 9.88. The van der Waals surface area contributed by atoms with Gasteiger partial charge in [-0.25, -0.2) is 18.0 Å². The van der Waals surface area contributed by atoms with Gasteiger partial charge in [0, 0.05) is 78.7 Å². The van der Waals surface area contributed by atoms with E-state index in [1.807, 2.05) is 0 Å². The summed E-state index contributed by atoms with van der Waals surface area (Å²) in [6.45, 7) is -19.9. The van der Waals surface area contributed by atoms with Gasteiger partial charge in [-0.15, -0.1) is 0 Å². The van der Waals surface area contributed by atoms with Gasteiger partial charge in [0.2, 0.25) is 5.91 Å². The number of carbonyl (C=O) groups excluding carboxylic acids is 2. The molecule has 2 aromatic rings. The lowest BCUT2D eigenvalue weighted by molar-refractivity contribution is -0.138. The van der Waals surface area contributed by atoms with Crippen molar-refractivity contribution in [3.05, 3.63) is 70.0 Å². The molecule has 2 fully saturated rings. The first kappa shape index (κ1) is 18.5. The third kappa shape index (κ3) is 7.27. The minimum Gasteiger partial charge on any atom is -0.340 e. The third-order valence-electron chi connectivity index (χ3n) is 7.30. The Labute approximate surface area is 267 Å². The van der Waals surface area contributed by atoms with Crippen molar-refractivity contribution in [2.24, 2.45) is 0 Å². The standard InChI is InChI=1S/C31H38F6N4O2/c1-19-14-25(32)6-7-27(19)28-18-26(40-12-10-39(11-13-40)21(3)42)8-9-41(28)29(43)38(5)20(2)22-15-23(30(4,33)34)17-24(16-22)31(35,36)37/h6-7,14-17,20,26,28H,8-13,18H2,1-5H3/t20-,26+,28-/m1/s1/i1D3,5D3,10D2,11D2,12D2,13D2. The Bertz CT molecular complexity index is 1830. The second-order valence-electron chi connectivity index (χ2n) is 10.3. The van der Waals surface area contributed by atoms with Crippen molar-refractivity contribution < 1.29 is 55.1 Å². The van der Waals surface area contributed by atoms with Crippen molar-refractivity contribution in [3.63, 3.8) is 0 Å². The Morgan fingerprint density at radius 2 is 1.72 bits per heavy atom. The molecular weight excluding hydrogens is 574 g/mol. The van der Waals surface area contributed by atoms with Gasteiger partial charge in [-0.05, 0) is 73.6 Å². The first-order chi connectivity index (χ1) is 25.4. The van der Waals surface area contributed by atoms with Crippen LogP contribution in [0.1, 0.15) is 92.7 Å². The highest BCUT2D eigenvalue weighted by molar-refractivity contribution is 5.76. The fourth-order valence-corrected chi connectivity index (χ4v) is 4.89. The number of benzene rings is 2. The molecule has 0 unspecified atom stereocenters. The Hall–Kier alpha value is -3.28. The minimum atomic E-state index is -5.21. The fourth-order valence-electron chi connectivity index (χ4n) is 4.89. The zero-order chi connectivity index (χ0) is 44.0. The zero-order valence-electron chi connectivity index (χ0n) is 37.2. The number of hydrogen-bond acceptors (Lipinski definition) is 3. The molecule has 0 bridgehead atoms. The second kappa shape index (κ2) is 12.4. The predicted molar refractivity (Wildman–Crippen MR) is 150 cm³/mol. The molecule has 236 valence electrons. The molecule has 0 N–H and O–H groups in total. The van der Waals surface area contributed by atoms with Crippen LogP contribution in [0.2, 0.25) is 0 Å². The van der Waals surface area contributed by atoms with Crippen molar-refractivity contribution in [1.82, 2.24) is 19.6 Å². The molecule has 0 radical (unpaired) electrons. The Morgan fingerprint density at radius 3 is 2.30 bits per heavy atom. The minimum absolute atomic E-state index is 0.0768. The molecule has 0 aliphatic carbocycles. The summed E-state index contributed by atoms with van der Waals surface area (Å²) in [5, 5.41) is 0. The molecule has 4 rings (SSSR count). The fraction of sp³-hybridized carbons (Fsp3) is 0.548. The van der Waals surface area contributed by atoms with Gasteiger partial charge in [0.25, 0.3) is 5.92 Å². The first-order valence-electron chi connectivity index (χ1n) is 20.0. The number of urea groups is 1. The summed E-state index contributed by atoms with van der Waals surface area (Å²) < 4.78 is 203. The number of likely N-dealkylation sites (tertiary alicyclic amines) is 1. The average molecular weight is 627 g/mol. The number of nitrogens with zero attached hydrogens (tertiary/aromatic N) is 4. The van der Waals surface area contributed by atoms with Gasteiger partial charge < -0.3 is 14.7 Å². The SMILES string of the molecule is [2H]C([2H])([2H])c1cc(F)ccc1[C@H]1C[C@@H](N2C([2H])([2H])C([2H])([2H])N(C(C)=O)C([2H])([2H])C2([2H])[2H])CCN1C(=O)N([C@H](C)c1cc(C(C)(F)F)cc(C(F)(F)F)c1)C([2H])([2H])[2H]. The highest BCUT2D eigenvalue weighted by Crippen LogP contribution is 2.39. The summed E-state index contributed by atoms with van der Waals surface area (Å²) in [5.74, 6) is -6.34. The number of alkyl halides is 5. The van der Waals surface area contributed by atoms with E-state index in [0.29, 0.717) is 36.9 Å². The largest absolute Gasteiger partial charge is 0.416 e. The van der Waals surface area contributed by atoms with Crippen molar-refractivity contribution in [1.29, 1.82) is 0 Å². The normalized spacial score (nSPS) is 31.2. The molecule has 3 atom stereocenters. The third-order valence-corrected chi connectivity index (χ3v) is 7.30.